The fraction of sp³-hybridized carbons (Fsp3) is 0.900. The molecule has 0 aliphatic carbocycles. The molecule has 1 unspecified atom stereocenters. The minimum Gasteiger partial charge on any atom is -0.381 e. The lowest BCUT2D eigenvalue weighted by atomic mass is 9.99. The molecular weight excluding hydrogens is 237 g/mol. The molecule has 1 heterocycles. The van der Waals surface area contributed by atoms with Crippen LogP contribution in [0.25, 0.3) is 0 Å². The summed E-state index contributed by atoms with van der Waals surface area (Å²) in [7, 11) is 0. The normalized spacial score (nSPS) is 22.5. The lowest BCUT2D eigenvalue weighted by Crippen LogP contribution is -2.52. The second kappa shape index (κ2) is 5.92. The maximum Gasteiger partial charge on any atom is 0.225 e. The van der Waals surface area contributed by atoms with Crippen LogP contribution in [0.5, 0.6) is 0 Å². The molecule has 0 bridgehead atoms. The molecule has 5 heteroatoms. The first-order valence-corrected chi connectivity index (χ1v) is 6.20. The molecule has 1 aliphatic heterocycles. The summed E-state index contributed by atoms with van der Waals surface area (Å²) in [6, 6.07) is 0. The molecule has 1 amide bonds. The number of ether oxygens (including phenoxy) is 1. The number of halogens is 2. The van der Waals surface area contributed by atoms with Crippen LogP contribution in [0.2, 0.25) is 0 Å². The molecule has 1 N–H and O–H groups in total. The summed E-state index contributed by atoms with van der Waals surface area (Å²) in [5.41, 5.74) is -0.516. The van der Waals surface area contributed by atoms with Gasteiger partial charge < -0.3 is 10.1 Å². The fourth-order valence-electron chi connectivity index (χ4n) is 1.45. The van der Waals surface area contributed by atoms with E-state index in [0.29, 0.717) is 18.4 Å². The van der Waals surface area contributed by atoms with Crippen LogP contribution < -0.4 is 5.32 Å². The molecule has 0 aromatic heterocycles. The second-order valence-corrected chi connectivity index (χ2v) is 4.77. The van der Waals surface area contributed by atoms with Crippen LogP contribution >= 0.6 is 23.2 Å². The highest BCUT2D eigenvalue weighted by molar-refractivity contribution is 6.22. The van der Waals surface area contributed by atoms with Crippen LogP contribution in [0.15, 0.2) is 0 Å². The van der Waals surface area contributed by atoms with Gasteiger partial charge in [0.2, 0.25) is 5.91 Å². The topological polar surface area (TPSA) is 38.3 Å². The summed E-state index contributed by atoms with van der Waals surface area (Å²) >= 11 is 11.5. The highest BCUT2D eigenvalue weighted by atomic mass is 35.5. The van der Waals surface area contributed by atoms with Gasteiger partial charge in [0, 0.05) is 18.4 Å². The Balaban J connectivity index is 2.46. The molecule has 1 rings (SSSR count). The molecule has 15 heavy (non-hydrogen) atoms. The van der Waals surface area contributed by atoms with Crippen molar-refractivity contribution in [3.8, 4) is 0 Å². The average molecular weight is 254 g/mol. The molecule has 0 radical (unpaired) electrons. The van der Waals surface area contributed by atoms with Crippen molar-refractivity contribution in [2.75, 3.05) is 25.0 Å². The monoisotopic (exact) mass is 253 g/mol. The number of hydrogen-bond donors (Lipinski definition) is 1. The maximum absolute atomic E-state index is 11.8. The molecule has 1 atom stereocenters. The van der Waals surface area contributed by atoms with Crippen molar-refractivity contribution in [1.29, 1.82) is 0 Å². The van der Waals surface area contributed by atoms with Gasteiger partial charge in [-0.05, 0) is 19.8 Å². The van der Waals surface area contributed by atoms with Crippen molar-refractivity contribution in [2.45, 2.75) is 25.3 Å². The molecule has 0 spiro atoms. The van der Waals surface area contributed by atoms with Gasteiger partial charge in [0.05, 0.1) is 18.1 Å². The predicted molar refractivity (Wildman–Crippen MR) is 61.5 cm³/mol. The van der Waals surface area contributed by atoms with Crippen molar-refractivity contribution in [3.05, 3.63) is 0 Å². The minimum absolute atomic E-state index is 0.00139. The largest absolute Gasteiger partial charge is 0.381 e. The van der Waals surface area contributed by atoms with Gasteiger partial charge in [-0.1, -0.05) is 0 Å². The Hall–Kier alpha value is 0.01000. The summed E-state index contributed by atoms with van der Waals surface area (Å²) in [5.74, 6) is 0.578. The Morgan fingerprint density at radius 2 is 2.20 bits per heavy atom. The Bertz CT molecular complexity index is 213. The number of rotatable bonds is 4. The van der Waals surface area contributed by atoms with Crippen LogP contribution in [-0.4, -0.2) is 36.4 Å². The highest BCUT2D eigenvalue weighted by Crippen LogP contribution is 2.16. The number of nitrogens with one attached hydrogen (secondary N) is 1. The van der Waals surface area contributed by atoms with Gasteiger partial charge in [-0.3, -0.25) is 4.79 Å². The van der Waals surface area contributed by atoms with Crippen molar-refractivity contribution >= 4 is 29.1 Å². The lowest BCUT2D eigenvalue weighted by Gasteiger charge is -2.29. The van der Waals surface area contributed by atoms with Crippen LogP contribution in [0.3, 0.4) is 0 Å². The quantitative estimate of drug-likeness (QED) is 0.776. The smallest absolute Gasteiger partial charge is 0.225 e. The molecule has 3 nitrogen and oxygen atoms in total. The Kier molecular flexibility index (Phi) is 5.16. The van der Waals surface area contributed by atoms with E-state index in [1.807, 2.05) is 6.92 Å². The minimum atomic E-state index is -0.516. The standard InChI is InChI=1S/C10H17Cl2NO2/c1-10(6-11,7-12)13-9(14)8-3-2-4-15-5-8/h8H,2-7H2,1H3,(H,13,14). The number of alkyl halides is 2. The summed E-state index contributed by atoms with van der Waals surface area (Å²) < 4.78 is 5.26. The van der Waals surface area contributed by atoms with Crippen molar-refractivity contribution < 1.29 is 9.53 Å². The van der Waals surface area contributed by atoms with Crippen molar-refractivity contribution in [3.63, 3.8) is 0 Å². The van der Waals surface area contributed by atoms with Crippen molar-refractivity contribution in [1.82, 2.24) is 5.32 Å². The molecule has 1 fully saturated rings. The van der Waals surface area contributed by atoms with Gasteiger partial charge >= 0.3 is 0 Å². The number of carbonyl (C=O) groups excluding carboxylic acids is 1. The second-order valence-electron chi connectivity index (χ2n) is 4.23. The molecule has 1 aliphatic rings. The SMILES string of the molecule is CC(CCl)(CCl)NC(=O)C1CCCOC1. The van der Waals surface area contributed by atoms with E-state index in [1.165, 1.54) is 0 Å². The van der Waals surface area contributed by atoms with Gasteiger partial charge in [0.25, 0.3) is 0 Å². The average Bonchev–Trinajstić information content (AvgIpc) is 2.30. The van der Waals surface area contributed by atoms with E-state index in [9.17, 15) is 4.79 Å². The number of hydrogen-bond acceptors (Lipinski definition) is 2. The highest BCUT2D eigenvalue weighted by Gasteiger charge is 2.29. The Morgan fingerprint density at radius 1 is 1.53 bits per heavy atom. The van der Waals surface area contributed by atoms with E-state index in [4.69, 9.17) is 27.9 Å². The van der Waals surface area contributed by atoms with Crippen LogP contribution in [0.4, 0.5) is 0 Å². The summed E-state index contributed by atoms with van der Waals surface area (Å²) in [4.78, 5) is 11.8. The molecule has 0 saturated carbocycles. The van der Waals surface area contributed by atoms with Gasteiger partial charge in [-0.2, -0.15) is 0 Å². The third-order valence-electron chi connectivity index (χ3n) is 2.55. The van der Waals surface area contributed by atoms with Gasteiger partial charge in [0.1, 0.15) is 0 Å². The summed E-state index contributed by atoms with van der Waals surface area (Å²) in [6.45, 7) is 3.10. The molecule has 88 valence electrons. The van der Waals surface area contributed by atoms with Crippen LogP contribution in [0, 0.1) is 5.92 Å². The maximum atomic E-state index is 11.8. The zero-order valence-electron chi connectivity index (χ0n) is 8.89. The zero-order valence-corrected chi connectivity index (χ0v) is 10.4. The lowest BCUT2D eigenvalue weighted by molar-refractivity contribution is -0.130. The Morgan fingerprint density at radius 3 is 2.67 bits per heavy atom. The van der Waals surface area contributed by atoms with E-state index >= 15 is 0 Å². The van der Waals surface area contributed by atoms with Crippen LogP contribution in [-0.2, 0) is 9.53 Å². The number of carbonyl (C=O) groups is 1. The first-order valence-electron chi connectivity index (χ1n) is 5.13. The van der Waals surface area contributed by atoms with E-state index in [2.05, 4.69) is 5.32 Å². The van der Waals surface area contributed by atoms with E-state index in [-0.39, 0.29) is 11.8 Å². The van der Waals surface area contributed by atoms with Gasteiger partial charge in [-0.25, -0.2) is 0 Å². The zero-order chi connectivity index (χ0) is 11.3. The van der Waals surface area contributed by atoms with Gasteiger partial charge in [-0.15, -0.1) is 23.2 Å². The molecule has 1 saturated heterocycles. The van der Waals surface area contributed by atoms with E-state index in [1.54, 1.807) is 0 Å². The van der Waals surface area contributed by atoms with Gasteiger partial charge in [0.15, 0.2) is 0 Å². The summed E-state index contributed by atoms with van der Waals surface area (Å²) in [6.07, 6.45) is 1.82. The van der Waals surface area contributed by atoms with E-state index < -0.39 is 5.54 Å². The first kappa shape index (κ1) is 13.1. The number of amides is 1. The predicted octanol–water partition coefficient (Wildman–Crippen LogP) is 1.77. The first-order chi connectivity index (χ1) is 7.11. The summed E-state index contributed by atoms with van der Waals surface area (Å²) in [5, 5.41) is 2.88. The Labute approximate surface area is 100 Å². The third-order valence-corrected chi connectivity index (χ3v) is 3.73. The molecule has 0 aromatic rings. The van der Waals surface area contributed by atoms with Crippen molar-refractivity contribution in [2.24, 2.45) is 5.92 Å². The van der Waals surface area contributed by atoms with Crippen LogP contribution in [0.1, 0.15) is 19.8 Å². The third kappa shape index (κ3) is 3.82. The fourth-order valence-corrected chi connectivity index (χ4v) is 1.87. The van der Waals surface area contributed by atoms with E-state index in [0.717, 1.165) is 19.4 Å². The molecule has 0 aromatic carbocycles. The molecular formula is C10H17Cl2NO2.